The molecule has 2 unspecified atom stereocenters. The van der Waals surface area contributed by atoms with Gasteiger partial charge < -0.3 is 10.6 Å². The molecule has 0 aliphatic heterocycles. The van der Waals surface area contributed by atoms with Crippen molar-refractivity contribution >= 4 is 41.3 Å². The van der Waals surface area contributed by atoms with Crippen LogP contribution in [-0.4, -0.2) is 30.6 Å². The van der Waals surface area contributed by atoms with Gasteiger partial charge in [-0.2, -0.15) is 0 Å². The van der Waals surface area contributed by atoms with E-state index in [0.717, 1.165) is 37.0 Å². The molecule has 1 heterocycles. The van der Waals surface area contributed by atoms with Gasteiger partial charge >= 0.3 is 0 Å². The number of guanidine groups is 1. The second kappa shape index (κ2) is 8.81. The van der Waals surface area contributed by atoms with Crippen LogP contribution in [0.15, 0.2) is 10.4 Å². The monoisotopic (exact) mass is 408 g/mol. The highest BCUT2D eigenvalue weighted by molar-refractivity contribution is 14.0. The van der Waals surface area contributed by atoms with E-state index in [2.05, 4.69) is 39.8 Å². The average molecular weight is 408 g/mol. The molecule has 6 heteroatoms. The molecule has 1 aliphatic rings. The Bertz CT molecular complexity index is 433. The molecule has 2 atom stereocenters. The topological polar surface area (TPSA) is 49.3 Å². The summed E-state index contributed by atoms with van der Waals surface area (Å²) in [4.78, 5) is 8.72. The van der Waals surface area contributed by atoms with E-state index in [0.29, 0.717) is 6.04 Å². The normalized spacial score (nSPS) is 21.2. The molecule has 2 N–H and O–H groups in total. The SMILES string of the molecule is CN=C(NCCCCc1nc(C)cs1)NC1CC1C.I. The van der Waals surface area contributed by atoms with Crippen LogP contribution >= 0.6 is 35.3 Å². The fourth-order valence-corrected chi connectivity index (χ4v) is 2.84. The van der Waals surface area contributed by atoms with Gasteiger partial charge in [0.15, 0.2) is 5.96 Å². The summed E-state index contributed by atoms with van der Waals surface area (Å²) in [6.07, 6.45) is 4.69. The Morgan fingerprint density at radius 2 is 2.25 bits per heavy atom. The Kier molecular flexibility index (Phi) is 7.79. The quantitative estimate of drug-likeness (QED) is 0.329. The summed E-state index contributed by atoms with van der Waals surface area (Å²) in [5.74, 6) is 1.74. The Labute approximate surface area is 142 Å². The number of halogens is 1. The van der Waals surface area contributed by atoms with Gasteiger partial charge in [0.1, 0.15) is 0 Å². The van der Waals surface area contributed by atoms with Crippen molar-refractivity contribution in [1.82, 2.24) is 15.6 Å². The highest BCUT2D eigenvalue weighted by atomic mass is 127. The van der Waals surface area contributed by atoms with Crippen molar-refractivity contribution < 1.29 is 0 Å². The summed E-state index contributed by atoms with van der Waals surface area (Å²) < 4.78 is 0. The smallest absolute Gasteiger partial charge is 0.191 e. The number of aromatic nitrogens is 1. The van der Waals surface area contributed by atoms with Crippen molar-refractivity contribution in [1.29, 1.82) is 0 Å². The van der Waals surface area contributed by atoms with Crippen LogP contribution in [0.5, 0.6) is 0 Å². The summed E-state index contributed by atoms with van der Waals surface area (Å²) in [6.45, 7) is 5.29. The molecule has 0 radical (unpaired) electrons. The molecular formula is C14H25IN4S. The maximum Gasteiger partial charge on any atom is 0.191 e. The summed E-state index contributed by atoms with van der Waals surface area (Å²) >= 11 is 1.77. The predicted octanol–water partition coefficient (Wildman–Crippen LogP) is 2.97. The third-order valence-electron chi connectivity index (χ3n) is 3.43. The van der Waals surface area contributed by atoms with E-state index in [1.807, 2.05) is 7.05 Å². The van der Waals surface area contributed by atoms with E-state index < -0.39 is 0 Å². The van der Waals surface area contributed by atoms with Crippen LogP contribution in [-0.2, 0) is 6.42 Å². The lowest BCUT2D eigenvalue weighted by atomic mass is 10.2. The molecule has 0 amide bonds. The lowest BCUT2D eigenvalue weighted by molar-refractivity contribution is 0.686. The molecule has 1 saturated carbocycles. The molecule has 1 fully saturated rings. The number of aryl methyl sites for hydroxylation is 2. The standard InChI is InChI=1S/C14H24N4S.HI/c1-10-8-12(10)18-14(15-3)16-7-5-4-6-13-17-11(2)9-19-13;/h9-10,12H,4-8H2,1-3H3,(H2,15,16,18);1H. The van der Waals surface area contributed by atoms with E-state index in [1.165, 1.54) is 17.8 Å². The highest BCUT2D eigenvalue weighted by Gasteiger charge is 2.32. The third-order valence-corrected chi connectivity index (χ3v) is 4.46. The number of nitrogens with zero attached hydrogens (tertiary/aromatic N) is 2. The molecule has 114 valence electrons. The number of unbranched alkanes of at least 4 members (excludes halogenated alkanes) is 1. The van der Waals surface area contributed by atoms with Crippen LogP contribution in [0.3, 0.4) is 0 Å². The minimum atomic E-state index is 0. The van der Waals surface area contributed by atoms with E-state index in [-0.39, 0.29) is 24.0 Å². The first-order valence-corrected chi connectivity index (χ1v) is 7.95. The fourth-order valence-electron chi connectivity index (χ4n) is 2.02. The maximum absolute atomic E-state index is 4.48. The first kappa shape index (κ1) is 17.7. The predicted molar refractivity (Wildman–Crippen MR) is 97.3 cm³/mol. The summed E-state index contributed by atoms with van der Waals surface area (Å²) in [6, 6.07) is 0.629. The lowest BCUT2D eigenvalue weighted by Crippen LogP contribution is -2.39. The van der Waals surface area contributed by atoms with Crippen molar-refractivity contribution in [2.24, 2.45) is 10.9 Å². The zero-order valence-electron chi connectivity index (χ0n) is 12.5. The molecule has 1 aromatic rings. The molecule has 0 bridgehead atoms. The highest BCUT2D eigenvalue weighted by Crippen LogP contribution is 2.28. The van der Waals surface area contributed by atoms with Gasteiger partial charge in [-0.1, -0.05) is 6.92 Å². The van der Waals surface area contributed by atoms with Gasteiger partial charge in [-0.05, 0) is 38.5 Å². The number of hydrogen-bond acceptors (Lipinski definition) is 3. The maximum atomic E-state index is 4.48. The van der Waals surface area contributed by atoms with Gasteiger partial charge in [0.05, 0.1) is 5.01 Å². The van der Waals surface area contributed by atoms with Gasteiger partial charge in [-0.15, -0.1) is 35.3 Å². The minimum Gasteiger partial charge on any atom is -0.356 e. The molecule has 0 saturated heterocycles. The van der Waals surface area contributed by atoms with Crippen LogP contribution in [0, 0.1) is 12.8 Å². The van der Waals surface area contributed by atoms with Crippen LogP contribution in [0.2, 0.25) is 0 Å². The molecular weight excluding hydrogens is 383 g/mol. The van der Waals surface area contributed by atoms with E-state index in [4.69, 9.17) is 0 Å². The average Bonchev–Trinajstić information content (AvgIpc) is 2.91. The number of hydrogen-bond donors (Lipinski definition) is 2. The first-order chi connectivity index (χ1) is 9.19. The molecule has 2 rings (SSSR count). The molecule has 1 aliphatic carbocycles. The Morgan fingerprint density at radius 3 is 2.80 bits per heavy atom. The van der Waals surface area contributed by atoms with Gasteiger partial charge in [-0.25, -0.2) is 4.98 Å². The lowest BCUT2D eigenvalue weighted by Gasteiger charge is -2.11. The van der Waals surface area contributed by atoms with Crippen molar-refractivity contribution in [3.8, 4) is 0 Å². The Morgan fingerprint density at radius 1 is 1.50 bits per heavy atom. The molecule has 1 aromatic heterocycles. The Balaban J connectivity index is 0.00000200. The molecule has 20 heavy (non-hydrogen) atoms. The van der Waals surface area contributed by atoms with Crippen LogP contribution in [0.25, 0.3) is 0 Å². The number of rotatable bonds is 6. The largest absolute Gasteiger partial charge is 0.356 e. The summed E-state index contributed by atoms with van der Waals surface area (Å²) in [5.41, 5.74) is 1.14. The van der Waals surface area contributed by atoms with Crippen molar-refractivity contribution in [2.75, 3.05) is 13.6 Å². The van der Waals surface area contributed by atoms with Crippen LogP contribution in [0.4, 0.5) is 0 Å². The van der Waals surface area contributed by atoms with Crippen molar-refractivity contribution in [3.63, 3.8) is 0 Å². The van der Waals surface area contributed by atoms with Crippen molar-refractivity contribution in [2.45, 2.75) is 45.6 Å². The number of nitrogens with one attached hydrogen (secondary N) is 2. The van der Waals surface area contributed by atoms with E-state index >= 15 is 0 Å². The minimum absolute atomic E-state index is 0. The Hall–Kier alpha value is -0.370. The zero-order valence-corrected chi connectivity index (χ0v) is 15.6. The second-order valence-corrected chi connectivity index (χ2v) is 6.25. The van der Waals surface area contributed by atoms with Crippen LogP contribution < -0.4 is 10.6 Å². The summed E-state index contributed by atoms with van der Waals surface area (Å²) in [7, 11) is 1.83. The zero-order chi connectivity index (χ0) is 13.7. The first-order valence-electron chi connectivity index (χ1n) is 7.07. The van der Waals surface area contributed by atoms with E-state index in [1.54, 1.807) is 11.3 Å². The van der Waals surface area contributed by atoms with Gasteiger partial charge in [0.25, 0.3) is 0 Å². The van der Waals surface area contributed by atoms with Crippen molar-refractivity contribution in [3.05, 3.63) is 16.1 Å². The molecule has 4 nitrogen and oxygen atoms in total. The third kappa shape index (κ3) is 5.95. The fraction of sp³-hybridized carbons (Fsp3) is 0.714. The van der Waals surface area contributed by atoms with E-state index in [9.17, 15) is 0 Å². The molecule has 0 spiro atoms. The van der Waals surface area contributed by atoms with Gasteiger partial charge in [-0.3, -0.25) is 4.99 Å². The number of aliphatic imine (C=N–C) groups is 1. The van der Waals surface area contributed by atoms with Crippen LogP contribution in [0.1, 0.15) is 36.9 Å². The van der Waals surface area contributed by atoms with Gasteiger partial charge in [0, 0.05) is 30.7 Å². The van der Waals surface area contributed by atoms with Gasteiger partial charge in [0.2, 0.25) is 0 Å². The summed E-state index contributed by atoms with van der Waals surface area (Å²) in [5, 5.41) is 10.2. The second-order valence-electron chi connectivity index (χ2n) is 5.30. The number of thiazole rings is 1. The molecule has 0 aromatic carbocycles.